The minimum absolute atomic E-state index is 0.148. The van der Waals surface area contributed by atoms with Crippen molar-refractivity contribution in [2.24, 2.45) is 5.73 Å². The number of benzene rings is 3. The van der Waals surface area contributed by atoms with Gasteiger partial charge in [0, 0.05) is 23.4 Å². The van der Waals surface area contributed by atoms with Crippen molar-refractivity contribution < 1.29 is 29.0 Å². The molecule has 2 heterocycles. The molecule has 0 aromatic heterocycles. The summed E-state index contributed by atoms with van der Waals surface area (Å²) in [5.41, 5.74) is 9.54. The Labute approximate surface area is 219 Å². The van der Waals surface area contributed by atoms with Crippen LogP contribution in [0.2, 0.25) is 0 Å². The Morgan fingerprint density at radius 2 is 1.84 bits per heavy atom. The van der Waals surface area contributed by atoms with E-state index in [1.165, 1.54) is 0 Å². The normalized spacial score (nSPS) is 17.6. The van der Waals surface area contributed by atoms with Crippen LogP contribution in [0.3, 0.4) is 0 Å². The van der Waals surface area contributed by atoms with E-state index in [2.05, 4.69) is 16.0 Å². The quantitative estimate of drug-likeness (QED) is 0.346. The first-order valence-corrected chi connectivity index (χ1v) is 12.0. The molecule has 0 radical (unpaired) electrons. The van der Waals surface area contributed by atoms with E-state index in [0.29, 0.717) is 28.9 Å². The summed E-state index contributed by atoms with van der Waals surface area (Å²) in [6, 6.07) is 16.7. The first kappa shape index (κ1) is 26.2. The summed E-state index contributed by atoms with van der Waals surface area (Å²) in [6.45, 7) is 2.04. The van der Waals surface area contributed by atoms with Gasteiger partial charge in [0.15, 0.2) is 0 Å². The lowest BCUT2D eigenvalue weighted by molar-refractivity contribution is -0.137. The molecule has 6 N–H and O–H groups in total. The Balaban J connectivity index is 1.77. The molecular weight excluding hydrogens is 488 g/mol. The summed E-state index contributed by atoms with van der Waals surface area (Å²) in [7, 11) is 0. The second-order valence-corrected chi connectivity index (χ2v) is 9.00. The van der Waals surface area contributed by atoms with Crippen LogP contribution in [-0.2, 0) is 20.7 Å². The van der Waals surface area contributed by atoms with E-state index in [0.717, 1.165) is 11.1 Å². The van der Waals surface area contributed by atoms with Crippen molar-refractivity contribution in [1.82, 2.24) is 5.32 Å². The molecule has 0 aliphatic carbocycles. The number of ether oxygens (including phenoxy) is 1. The van der Waals surface area contributed by atoms with Crippen molar-refractivity contribution >= 4 is 35.3 Å². The van der Waals surface area contributed by atoms with Crippen LogP contribution in [0.4, 0.5) is 16.2 Å². The number of aliphatic carboxylic acids is 1. The monoisotopic (exact) mass is 516 g/mol. The highest BCUT2D eigenvalue weighted by atomic mass is 16.5. The van der Waals surface area contributed by atoms with Gasteiger partial charge in [-0.15, -0.1) is 0 Å². The summed E-state index contributed by atoms with van der Waals surface area (Å²) >= 11 is 0. The molecule has 38 heavy (non-hydrogen) atoms. The van der Waals surface area contributed by atoms with Crippen LogP contribution < -0.4 is 21.7 Å². The van der Waals surface area contributed by atoms with Gasteiger partial charge in [-0.05, 0) is 59.5 Å². The molecule has 10 heteroatoms. The van der Waals surface area contributed by atoms with E-state index in [-0.39, 0.29) is 18.6 Å². The van der Waals surface area contributed by atoms with Crippen LogP contribution in [0.15, 0.2) is 66.7 Å². The van der Waals surface area contributed by atoms with Crippen LogP contribution >= 0.6 is 0 Å². The zero-order valence-corrected chi connectivity index (χ0v) is 20.7. The average molecular weight is 517 g/mol. The number of amides is 3. The molecule has 0 spiro atoms. The highest BCUT2D eigenvalue weighted by Gasteiger charge is 2.26. The first-order valence-electron chi connectivity index (χ1n) is 12.0. The van der Waals surface area contributed by atoms with Crippen molar-refractivity contribution in [3.63, 3.8) is 0 Å². The second-order valence-electron chi connectivity index (χ2n) is 9.00. The minimum atomic E-state index is -1.11. The third-order valence-electron chi connectivity index (χ3n) is 6.26. The third kappa shape index (κ3) is 6.47. The number of carboxylic acid groups (broad SMARTS) is 1. The van der Waals surface area contributed by atoms with Gasteiger partial charge < -0.3 is 26.2 Å². The van der Waals surface area contributed by atoms with Crippen molar-refractivity contribution in [1.29, 1.82) is 0 Å². The molecule has 196 valence electrons. The van der Waals surface area contributed by atoms with Crippen molar-refractivity contribution in [3.05, 3.63) is 94.5 Å². The van der Waals surface area contributed by atoms with Gasteiger partial charge in [-0.25, -0.2) is 4.79 Å². The number of fused-ring (bicyclic) bond motifs is 9. The molecule has 0 fully saturated rings. The number of hydrogen-bond acceptors (Lipinski definition) is 6. The van der Waals surface area contributed by atoms with Gasteiger partial charge in [0.2, 0.25) is 11.8 Å². The SMILES string of the molecule is Cc1cc2ccc1CCOC(=O)Nc1cccc(c1)C(CC(=O)O)NC(=O)C2Nc1cccc(C(N)=O)c1. The maximum absolute atomic E-state index is 13.7. The number of carbonyl (C=O) groups excluding carboxylic acids is 3. The fourth-order valence-electron chi connectivity index (χ4n) is 4.33. The predicted molar refractivity (Wildman–Crippen MR) is 141 cm³/mol. The van der Waals surface area contributed by atoms with Crippen LogP contribution in [-0.4, -0.2) is 35.6 Å². The molecule has 2 aliphatic heterocycles. The molecule has 3 aromatic carbocycles. The third-order valence-corrected chi connectivity index (χ3v) is 6.26. The number of nitrogens with one attached hydrogen (secondary N) is 3. The van der Waals surface area contributed by atoms with E-state index in [1.54, 1.807) is 54.6 Å². The molecule has 2 aliphatic rings. The van der Waals surface area contributed by atoms with E-state index < -0.39 is 36.0 Å². The summed E-state index contributed by atoms with van der Waals surface area (Å²) in [4.78, 5) is 49.4. The molecule has 5 rings (SSSR count). The molecule has 4 bridgehead atoms. The maximum Gasteiger partial charge on any atom is 0.411 e. The fourth-order valence-corrected chi connectivity index (χ4v) is 4.33. The standard InChI is InChI=1S/C28H28N4O6/c1-16-12-19-9-8-17(16)10-11-38-28(37)31-22-7-2-4-18(13-22)23(15-24(33)34)32-27(36)25(19)30-21-6-3-5-20(14-21)26(29)35/h2-9,12-14,23,25,30H,10-11,15H2,1H3,(H2,29,35)(H,31,37)(H,32,36)(H,33,34). The number of carboxylic acids is 1. The van der Waals surface area contributed by atoms with Gasteiger partial charge in [0.1, 0.15) is 6.04 Å². The molecule has 0 saturated carbocycles. The van der Waals surface area contributed by atoms with Gasteiger partial charge in [-0.2, -0.15) is 0 Å². The van der Waals surface area contributed by atoms with E-state index in [4.69, 9.17) is 10.5 Å². The number of aryl methyl sites for hydroxylation is 1. The zero-order chi connectivity index (χ0) is 27.2. The summed E-state index contributed by atoms with van der Waals surface area (Å²) in [6.07, 6.45) is -0.544. The second kappa shape index (κ2) is 11.5. The predicted octanol–water partition coefficient (Wildman–Crippen LogP) is 3.68. The largest absolute Gasteiger partial charge is 0.481 e. The highest BCUT2D eigenvalue weighted by molar-refractivity contribution is 5.94. The molecular formula is C28H28N4O6. The lowest BCUT2D eigenvalue weighted by atomic mass is 9.97. The molecule has 2 atom stereocenters. The van der Waals surface area contributed by atoms with Crippen LogP contribution in [0.25, 0.3) is 0 Å². The minimum Gasteiger partial charge on any atom is -0.481 e. The maximum atomic E-state index is 13.7. The zero-order valence-electron chi connectivity index (χ0n) is 20.7. The smallest absolute Gasteiger partial charge is 0.411 e. The Kier molecular flexibility index (Phi) is 7.91. The topological polar surface area (TPSA) is 160 Å². The molecule has 3 amide bonds. The fraction of sp³-hybridized carbons (Fsp3) is 0.214. The lowest BCUT2D eigenvalue weighted by Gasteiger charge is -2.25. The Bertz CT molecular complexity index is 1390. The van der Waals surface area contributed by atoms with Crippen molar-refractivity contribution in [3.8, 4) is 0 Å². The number of hydrogen-bond donors (Lipinski definition) is 5. The van der Waals surface area contributed by atoms with E-state index in [1.807, 2.05) is 19.1 Å². The molecule has 2 unspecified atom stereocenters. The number of rotatable bonds is 5. The average Bonchev–Trinajstić information content (AvgIpc) is 2.87. The number of anilines is 2. The Morgan fingerprint density at radius 1 is 1.05 bits per heavy atom. The number of carbonyl (C=O) groups is 4. The Morgan fingerprint density at radius 3 is 2.58 bits per heavy atom. The van der Waals surface area contributed by atoms with E-state index in [9.17, 15) is 24.3 Å². The Hall–Kier alpha value is -4.86. The molecule has 3 aromatic rings. The van der Waals surface area contributed by atoms with Crippen LogP contribution in [0.5, 0.6) is 0 Å². The molecule has 10 nitrogen and oxygen atoms in total. The summed E-state index contributed by atoms with van der Waals surface area (Å²) in [5.74, 6) is -2.19. The lowest BCUT2D eigenvalue weighted by Crippen LogP contribution is -2.37. The molecule has 0 saturated heterocycles. The van der Waals surface area contributed by atoms with Gasteiger partial charge in [-0.1, -0.05) is 36.4 Å². The van der Waals surface area contributed by atoms with Crippen molar-refractivity contribution in [2.45, 2.75) is 31.8 Å². The summed E-state index contributed by atoms with van der Waals surface area (Å²) < 4.78 is 5.32. The van der Waals surface area contributed by atoms with Crippen LogP contribution in [0.1, 0.15) is 51.1 Å². The highest BCUT2D eigenvalue weighted by Crippen LogP contribution is 2.27. The number of nitrogens with two attached hydrogens (primary N) is 1. The first-order chi connectivity index (χ1) is 18.2. The van der Waals surface area contributed by atoms with Gasteiger partial charge in [0.25, 0.3) is 0 Å². The number of primary amides is 1. The van der Waals surface area contributed by atoms with Gasteiger partial charge in [0.05, 0.1) is 19.1 Å². The van der Waals surface area contributed by atoms with E-state index >= 15 is 0 Å². The van der Waals surface area contributed by atoms with Crippen molar-refractivity contribution in [2.75, 3.05) is 17.2 Å². The summed E-state index contributed by atoms with van der Waals surface area (Å²) in [5, 5.41) is 18.2. The van der Waals surface area contributed by atoms with Gasteiger partial charge in [-0.3, -0.25) is 19.7 Å². The van der Waals surface area contributed by atoms with Gasteiger partial charge >= 0.3 is 12.1 Å². The van der Waals surface area contributed by atoms with Crippen LogP contribution in [0, 0.1) is 6.92 Å².